The highest BCUT2D eigenvalue weighted by molar-refractivity contribution is 6.13. The molecule has 0 bridgehead atoms. The van der Waals surface area contributed by atoms with E-state index >= 15 is 0 Å². The second-order valence-electron chi connectivity index (χ2n) is 11.2. The van der Waals surface area contributed by atoms with E-state index in [1.165, 1.54) is 18.1 Å². The van der Waals surface area contributed by atoms with Crippen LogP contribution in [-0.4, -0.2) is 70.9 Å². The van der Waals surface area contributed by atoms with Crippen LogP contribution in [0.5, 0.6) is 0 Å². The summed E-state index contributed by atoms with van der Waals surface area (Å²) >= 11 is 0. The third-order valence-electron chi connectivity index (χ3n) is 7.97. The highest BCUT2D eigenvalue weighted by atomic mass is 16.2. The molecule has 1 saturated heterocycles. The van der Waals surface area contributed by atoms with Crippen molar-refractivity contribution < 1.29 is 14.4 Å². The van der Waals surface area contributed by atoms with Gasteiger partial charge >= 0.3 is 6.03 Å². The van der Waals surface area contributed by atoms with Crippen LogP contribution in [0.25, 0.3) is 5.65 Å². The summed E-state index contributed by atoms with van der Waals surface area (Å²) in [6, 6.07) is 3.14. The Morgan fingerprint density at radius 3 is 2.71 bits per heavy atom. The summed E-state index contributed by atoms with van der Waals surface area (Å²) in [6.45, 7) is 3.81. The van der Waals surface area contributed by atoms with Crippen LogP contribution in [0.3, 0.4) is 0 Å². The smallest absolute Gasteiger partial charge is 0.331 e. The Balaban J connectivity index is 1.08. The van der Waals surface area contributed by atoms with Gasteiger partial charge in [-0.3, -0.25) is 24.7 Å². The summed E-state index contributed by atoms with van der Waals surface area (Å²) in [6.07, 6.45) is 9.99. The molecule has 3 atom stereocenters. The lowest BCUT2D eigenvalue weighted by Gasteiger charge is -2.17. The monoisotopic (exact) mass is 567 g/mol. The average molecular weight is 568 g/mol. The van der Waals surface area contributed by atoms with E-state index in [4.69, 9.17) is 4.98 Å². The number of amides is 4. The van der Waals surface area contributed by atoms with Gasteiger partial charge in [0.1, 0.15) is 12.4 Å². The lowest BCUT2D eigenvalue weighted by Crippen LogP contribution is -2.30. The molecule has 42 heavy (non-hydrogen) atoms. The molecule has 4 aromatic rings. The standard InChI is InChI=1S/C28H29N11O3/c1-14-6-7-29-24(31-14)18-9-19(18)26(41)35-27-34-22(10-30-36-27)32-15(2)20-12-38-11-17(16-4-5-16)8-21(25(38)33-20)39-13-23(40)37(3)28(39)42/h6-8,10-12,15-16,18-19H,4-5,9,13H2,1-3H3,(H2,32,34,35,36,41)/t15-,18+,19+/m1/s1. The second kappa shape index (κ2) is 9.82. The quantitative estimate of drug-likeness (QED) is 0.303. The van der Waals surface area contributed by atoms with Gasteiger partial charge in [-0.15, -0.1) is 5.10 Å². The van der Waals surface area contributed by atoms with Crippen LogP contribution in [0.2, 0.25) is 0 Å². The Kier molecular flexibility index (Phi) is 6.06. The molecule has 0 spiro atoms. The highest BCUT2D eigenvalue weighted by Crippen LogP contribution is 2.46. The summed E-state index contributed by atoms with van der Waals surface area (Å²) in [5.41, 5.74) is 3.89. The first-order valence-electron chi connectivity index (χ1n) is 13.9. The summed E-state index contributed by atoms with van der Waals surface area (Å²) < 4.78 is 1.92. The number of aryl methyl sites for hydroxylation is 1. The number of imide groups is 1. The second-order valence-corrected chi connectivity index (χ2v) is 11.2. The first kappa shape index (κ1) is 25.9. The Morgan fingerprint density at radius 1 is 1.14 bits per heavy atom. The number of hydrogen-bond acceptors (Lipinski definition) is 10. The number of aromatic nitrogens is 7. The third-order valence-corrected chi connectivity index (χ3v) is 7.97. The Bertz CT molecular complexity index is 1750. The van der Waals surface area contributed by atoms with E-state index in [9.17, 15) is 14.4 Å². The van der Waals surface area contributed by atoms with Crippen molar-refractivity contribution >= 4 is 40.9 Å². The molecule has 214 valence electrons. The third kappa shape index (κ3) is 4.78. The number of anilines is 3. The summed E-state index contributed by atoms with van der Waals surface area (Å²) in [4.78, 5) is 58.5. The summed E-state index contributed by atoms with van der Waals surface area (Å²) in [5.74, 6) is 0.919. The first-order valence-corrected chi connectivity index (χ1v) is 13.9. The van der Waals surface area contributed by atoms with Gasteiger partial charge in [0.25, 0.3) is 5.95 Å². The van der Waals surface area contributed by atoms with E-state index in [0.717, 1.165) is 29.0 Å². The molecule has 14 heteroatoms. The van der Waals surface area contributed by atoms with E-state index < -0.39 is 0 Å². The number of pyridine rings is 1. The van der Waals surface area contributed by atoms with Crippen LogP contribution in [0.1, 0.15) is 66.8 Å². The van der Waals surface area contributed by atoms with Gasteiger partial charge in [-0.2, -0.15) is 10.1 Å². The number of urea groups is 1. The van der Waals surface area contributed by atoms with Crippen LogP contribution >= 0.6 is 0 Å². The fraction of sp³-hybridized carbons (Fsp3) is 0.393. The SMILES string of the molecule is Cc1ccnc([C@H]2C[C@@H]2C(=O)Nc2nncc(N[C@H](C)c3cn4cc(C5CC5)cc(N5CC(=O)N(C)C5=O)c4n3)n2)n1. The summed E-state index contributed by atoms with van der Waals surface area (Å²) in [5, 5.41) is 14.0. The molecule has 14 nitrogen and oxygen atoms in total. The molecular formula is C28H29N11O3. The number of imidazole rings is 1. The molecule has 0 aromatic carbocycles. The van der Waals surface area contributed by atoms with Crippen LogP contribution in [0.4, 0.5) is 22.2 Å². The number of fused-ring (bicyclic) bond motifs is 1. The van der Waals surface area contributed by atoms with Gasteiger partial charge in [0, 0.05) is 43.2 Å². The highest BCUT2D eigenvalue weighted by Gasteiger charge is 2.46. The molecular weight excluding hydrogens is 538 g/mol. The molecule has 4 amide bonds. The maximum atomic E-state index is 12.8. The maximum Gasteiger partial charge on any atom is 0.331 e. The lowest BCUT2D eigenvalue weighted by molar-refractivity contribution is -0.124. The Morgan fingerprint density at radius 2 is 1.98 bits per heavy atom. The molecule has 4 aromatic heterocycles. The van der Waals surface area contributed by atoms with Crippen LogP contribution in [0, 0.1) is 12.8 Å². The predicted octanol–water partition coefficient (Wildman–Crippen LogP) is 2.81. The zero-order valence-corrected chi connectivity index (χ0v) is 23.4. The fourth-order valence-electron chi connectivity index (χ4n) is 5.29. The van der Waals surface area contributed by atoms with Crippen molar-refractivity contribution in [2.75, 3.05) is 29.1 Å². The largest absolute Gasteiger partial charge is 0.360 e. The Hall–Kier alpha value is -5.01. The van der Waals surface area contributed by atoms with E-state index in [2.05, 4.69) is 35.8 Å². The normalized spacial score (nSPS) is 20.7. The average Bonchev–Trinajstić information content (AvgIpc) is 3.90. The summed E-state index contributed by atoms with van der Waals surface area (Å²) in [7, 11) is 1.49. The van der Waals surface area contributed by atoms with Crippen LogP contribution < -0.4 is 15.5 Å². The van der Waals surface area contributed by atoms with E-state index in [-0.39, 0.29) is 48.2 Å². The molecule has 0 radical (unpaired) electrons. The zero-order chi connectivity index (χ0) is 29.1. The lowest BCUT2D eigenvalue weighted by atomic mass is 10.1. The van der Waals surface area contributed by atoms with Gasteiger partial charge in [0.05, 0.1) is 23.6 Å². The predicted molar refractivity (Wildman–Crippen MR) is 151 cm³/mol. The number of nitrogens with zero attached hydrogens (tertiary/aromatic N) is 9. The van der Waals surface area contributed by atoms with Crippen molar-refractivity contribution in [3.8, 4) is 0 Å². The van der Waals surface area contributed by atoms with Crippen LogP contribution in [-0.2, 0) is 9.59 Å². The minimum absolute atomic E-state index is 0.0180. The van der Waals surface area contributed by atoms with Crippen molar-refractivity contribution in [3.05, 3.63) is 59.7 Å². The number of likely N-dealkylation sites (N-methyl/N-ethyl adjacent to an activating group) is 1. The minimum Gasteiger partial charge on any atom is -0.360 e. The molecule has 2 saturated carbocycles. The van der Waals surface area contributed by atoms with Crippen molar-refractivity contribution in [3.63, 3.8) is 0 Å². The number of rotatable bonds is 8. The first-order chi connectivity index (χ1) is 20.2. The van der Waals surface area contributed by atoms with Gasteiger partial charge in [0.2, 0.25) is 11.8 Å². The molecule has 7 rings (SSSR count). The number of carbonyl (C=O) groups excluding carboxylic acids is 3. The number of carbonyl (C=O) groups is 3. The molecule has 3 aliphatic rings. The van der Waals surface area contributed by atoms with Gasteiger partial charge in [-0.05, 0) is 56.7 Å². The van der Waals surface area contributed by atoms with E-state index in [1.54, 1.807) is 6.20 Å². The van der Waals surface area contributed by atoms with E-state index in [1.807, 2.05) is 42.8 Å². The van der Waals surface area contributed by atoms with Gasteiger partial charge < -0.3 is 9.72 Å². The van der Waals surface area contributed by atoms with Crippen LogP contribution in [0.15, 0.2) is 36.9 Å². The van der Waals surface area contributed by atoms with Gasteiger partial charge in [-0.25, -0.2) is 19.7 Å². The molecule has 3 fully saturated rings. The number of nitrogens with one attached hydrogen (secondary N) is 2. The van der Waals surface area contributed by atoms with Gasteiger partial charge in [0.15, 0.2) is 11.5 Å². The fourth-order valence-corrected chi connectivity index (χ4v) is 5.29. The molecule has 5 heterocycles. The van der Waals surface area contributed by atoms with Crippen molar-refractivity contribution in [2.24, 2.45) is 5.92 Å². The topological polar surface area (TPSA) is 164 Å². The van der Waals surface area contributed by atoms with Gasteiger partial charge in [-0.1, -0.05) is 0 Å². The van der Waals surface area contributed by atoms with Crippen molar-refractivity contribution in [1.82, 2.24) is 39.4 Å². The number of hydrogen-bond donors (Lipinski definition) is 2. The Labute approximate surface area is 240 Å². The molecule has 1 aliphatic heterocycles. The molecule has 2 aliphatic carbocycles. The maximum absolute atomic E-state index is 12.8. The zero-order valence-electron chi connectivity index (χ0n) is 23.4. The van der Waals surface area contributed by atoms with Crippen molar-refractivity contribution in [2.45, 2.75) is 51.0 Å². The minimum atomic E-state index is -0.365. The molecule has 2 N–H and O–H groups in total. The van der Waals surface area contributed by atoms with E-state index in [0.29, 0.717) is 41.0 Å². The molecule has 0 unspecified atom stereocenters. The van der Waals surface area contributed by atoms with Crippen molar-refractivity contribution in [1.29, 1.82) is 0 Å².